The van der Waals surface area contributed by atoms with Gasteiger partial charge < -0.3 is 20.7 Å². The van der Waals surface area contributed by atoms with Crippen molar-refractivity contribution in [3.63, 3.8) is 0 Å². The number of benzene rings is 2. The quantitative estimate of drug-likeness (QED) is 0.291. The Labute approximate surface area is 189 Å². The number of carbonyl (C=O) groups excluding carboxylic acids is 1. The third-order valence-corrected chi connectivity index (χ3v) is 4.68. The number of guanidine groups is 1. The second kappa shape index (κ2) is 12.3. The molecule has 7 heteroatoms. The van der Waals surface area contributed by atoms with Crippen LogP contribution in [-0.4, -0.2) is 45.2 Å². The number of halogens is 1. The Kier molecular flexibility index (Phi) is 9.76. The van der Waals surface area contributed by atoms with E-state index in [1.54, 1.807) is 7.05 Å². The molecule has 0 fully saturated rings. The fourth-order valence-electron chi connectivity index (χ4n) is 3.16. The minimum absolute atomic E-state index is 0. The summed E-state index contributed by atoms with van der Waals surface area (Å²) in [6.07, 6.45) is 2.70. The van der Waals surface area contributed by atoms with Crippen LogP contribution in [0.5, 0.6) is 5.75 Å². The van der Waals surface area contributed by atoms with Crippen LogP contribution in [0.15, 0.2) is 53.5 Å². The molecule has 0 spiro atoms. The van der Waals surface area contributed by atoms with Gasteiger partial charge in [0.1, 0.15) is 5.75 Å². The maximum atomic E-state index is 12.0. The highest BCUT2D eigenvalue weighted by atomic mass is 127. The van der Waals surface area contributed by atoms with E-state index in [4.69, 9.17) is 4.74 Å². The number of nitrogens with one attached hydrogen (secondary N) is 3. The highest BCUT2D eigenvalue weighted by Gasteiger charge is 2.11. The number of hydrogen-bond acceptors (Lipinski definition) is 3. The van der Waals surface area contributed by atoms with Gasteiger partial charge in [0.2, 0.25) is 5.91 Å². The zero-order valence-corrected chi connectivity index (χ0v) is 19.1. The summed E-state index contributed by atoms with van der Waals surface area (Å²) in [6, 6.07) is 16.5. The lowest BCUT2D eigenvalue weighted by Gasteiger charge is -2.12. The Bertz CT molecular complexity index is 812. The lowest BCUT2D eigenvalue weighted by molar-refractivity contribution is -0.119. The van der Waals surface area contributed by atoms with E-state index in [1.807, 2.05) is 24.3 Å². The highest BCUT2D eigenvalue weighted by molar-refractivity contribution is 14.0. The zero-order valence-electron chi connectivity index (χ0n) is 16.7. The van der Waals surface area contributed by atoms with Gasteiger partial charge in [-0.25, -0.2) is 0 Å². The summed E-state index contributed by atoms with van der Waals surface area (Å²) in [5.74, 6) is 1.59. The van der Waals surface area contributed by atoms with Crippen molar-refractivity contribution >= 4 is 35.8 Å². The normalized spacial score (nSPS) is 12.4. The molecule has 1 aliphatic heterocycles. The minimum Gasteiger partial charge on any atom is -0.493 e. The first-order chi connectivity index (χ1) is 13.7. The van der Waals surface area contributed by atoms with Crippen molar-refractivity contribution < 1.29 is 9.53 Å². The first-order valence-electron chi connectivity index (χ1n) is 9.74. The van der Waals surface area contributed by atoms with Crippen LogP contribution in [0.4, 0.5) is 0 Å². The number of ether oxygens (including phenoxy) is 1. The predicted molar refractivity (Wildman–Crippen MR) is 127 cm³/mol. The highest BCUT2D eigenvalue weighted by Crippen LogP contribution is 2.25. The van der Waals surface area contributed by atoms with Crippen LogP contribution in [-0.2, 0) is 24.1 Å². The summed E-state index contributed by atoms with van der Waals surface area (Å²) in [5, 5.41) is 9.22. The van der Waals surface area contributed by atoms with Crippen LogP contribution >= 0.6 is 24.0 Å². The average molecular weight is 508 g/mol. The third-order valence-electron chi connectivity index (χ3n) is 4.68. The molecule has 1 amide bonds. The molecule has 1 heterocycles. The van der Waals surface area contributed by atoms with Crippen molar-refractivity contribution in [3.8, 4) is 5.75 Å². The maximum absolute atomic E-state index is 12.0. The molecule has 3 rings (SSSR count). The van der Waals surface area contributed by atoms with Gasteiger partial charge in [-0.2, -0.15) is 0 Å². The van der Waals surface area contributed by atoms with Gasteiger partial charge in [0.25, 0.3) is 0 Å². The van der Waals surface area contributed by atoms with E-state index in [0.717, 1.165) is 38.2 Å². The van der Waals surface area contributed by atoms with Crippen molar-refractivity contribution in [2.45, 2.75) is 19.3 Å². The smallest absolute Gasteiger partial charge is 0.239 e. The molecule has 0 saturated carbocycles. The van der Waals surface area contributed by atoms with E-state index in [2.05, 4.69) is 45.2 Å². The molecule has 3 N–H and O–H groups in total. The van der Waals surface area contributed by atoms with E-state index in [-0.39, 0.29) is 36.4 Å². The van der Waals surface area contributed by atoms with Gasteiger partial charge in [0.15, 0.2) is 5.96 Å². The van der Waals surface area contributed by atoms with Crippen LogP contribution in [0.1, 0.15) is 16.7 Å². The monoisotopic (exact) mass is 508 g/mol. The van der Waals surface area contributed by atoms with Crippen molar-refractivity contribution in [2.24, 2.45) is 4.99 Å². The summed E-state index contributed by atoms with van der Waals surface area (Å²) < 4.78 is 5.54. The molecular weight excluding hydrogens is 479 g/mol. The summed E-state index contributed by atoms with van der Waals surface area (Å²) in [7, 11) is 1.70. The predicted octanol–water partition coefficient (Wildman–Crippen LogP) is 2.31. The zero-order chi connectivity index (χ0) is 19.6. The van der Waals surface area contributed by atoms with Gasteiger partial charge in [0.05, 0.1) is 13.2 Å². The second-order valence-corrected chi connectivity index (χ2v) is 6.73. The fourth-order valence-corrected chi connectivity index (χ4v) is 3.16. The Morgan fingerprint density at radius 3 is 2.55 bits per heavy atom. The summed E-state index contributed by atoms with van der Waals surface area (Å²) in [5.41, 5.74) is 3.77. The SMILES string of the molecule is CN=C(NCCc1ccc2c(c1)CCO2)NCC(=O)NCCc1ccccc1.I. The Hall–Kier alpha value is -2.29. The van der Waals surface area contributed by atoms with Gasteiger partial charge in [-0.15, -0.1) is 24.0 Å². The first kappa shape index (κ1) is 23.0. The molecule has 2 aromatic carbocycles. The van der Waals surface area contributed by atoms with Crippen LogP contribution in [0.3, 0.4) is 0 Å². The largest absolute Gasteiger partial charge is 0.493 e. The molecular formula is C22H29IN4O2. The number of nitrogens with zero attached hydrogens (tertiary/aromatic N) is 1. The molecule has 1 aliphatic rings. The fraction of sp³-hybridized carbons (Fsp3) is 0.364. The van der Waals surface area contributed by atoms with Gasteiger partial charge in [-0.3, -0.25) is 9.79 Å². The Morgan fingerprint density at radius 2 is 1.76 bits per heavy atom. The summed E-state index contributed by atoms with van der Waals surface area (Å²) >= 11 is 0. The van der Waals surface area contributed by atoms with Gasteiger partial charge in [0, 0.05) is 26.6 Å². The van der Waals surface area contributed by atoms with Gasteiger partial charge in [-0.05, 0) is 35.6 Å². The summed E-state index contributed by atoms with van der Waals surface area (Å²) in [4.78, 5) is 16.2. The minimum atomic E-state index is -0.0440. The number of hydrogen-bond donors (Lipinski definition) is 3. The molecule has 0 radical (unpaired) electrons. The number of aliphatic imine (C=N–C) groups is 1. The van der Waals surface area contributed by atoms with E-state index in [9.17, 15) is 4.79 Å². The van der Waals surface area contributed by atoms with Crippen LogP contribution in [0, 0.1) is 0 Å². The van der Waals surface area contributed by atoms with E-state index >= 15 is 0 Å². The lowest BCUT2D eigenvalue weighted by Crippen LogP contribution is -2.44. The molecule has 0 bridgehead atoms. The van der Waals surface area contributed by atoms with Crippen LogP contribution < -0.4 is 20.7 Å². The standard InChI is InChI=1S/C22H28N4O2.HI/c1-23-22(25-13-10-18-7-8-20-19(15-18)11-14-28-20)26-16-21(27)24-12-9-17-5-3-2-4-6-17;/h2-8,15H,9-14,16H2,1H3,(H,24,27)(H2,23,25,26);1H. The third kappa shape index (κ3) is 7.56. The molecule has 0 aliphatic carbocycles. The molecule has 29 heavy (non-hydrogen) atoms. The van der Waals surface area contributed by atoms with Crippen LogP contribution in [0.25, 0.3) is 0 Å². The molecule has 156 valence electrons. The molecule has 0 unspecified atom stereocenters. The topological polar surface area (TPSA) is 74.8 Å². The van der Waals surface area contributed by atoms with Crippen molar-refractivity contribution in [1.82, 2.24) is 16.0 Å². The van der Waals surface area contributed by atoms with Crippen molar-refractivity contribution in [3.05, 3.63) is 65.2 Å². The van der Waals surface area contributed by atoms with Gasteiger partial charge in [-0.1, -0.05) is 42.5 Å². The van der Waals surface area contributed by atoms with Crippen LogP contribution in [0.2, 0.25) is 0 Å². The van der Waals surface area contributed by atoms with E-state index < -0.39 is 0 Å². The van der Waals surface area contributed by atoms with Crippen molar-refractivity contribution in [2.75, 3.05) is 33.3 Å². The molecule has 2 aromatic rings. The maximum Gasteiger partial charge on any atom is 0.239 e. The summed E-state index contributed by atoms with van der Waals surface area (Å²) in [6.45, 7) is 2.35. The first-order valence-corrected chi connectivity index (χ1v) is 9.74. The second-order valence-electron chi connectivity index (χ2n) is 6.73. The van der Waals surface area contributed by atoms with Crippen molar-refractivity contribution in [1.29, 1.82) is 0 Å². The number of fused-ring (bicyclic) bond motifs is 1. The van der Waals surface area contributed by atoms with E-state index in [0.29, 0.717) is 12.5 Å². The van der Waals surface area contributed by atoms with E-state index in [1.165, 1.54) is 16.7 Å². The molecule has 6 nitrogen and oxygen atoms in total. The average Bonchev–Trinajstić information content (AvgIpc) is 3.19. The Morgan fingerprint density at radius 1 is 1.00 bits per heavy atom. The molecule has 0 atom stereocenters. The number of carbonyl (C=O) groups is 1. The van der Waals surface area contributed by atoms with Gasteiger partial charge >= 0.3 is 0 Å². The number of amides is 1. The Balaban J connectivity index is 0.00000300. The molecule has 0 aromatic heterocycles. The number of rotatable bonds is 8. The lowest BCUT2D eigenvalue weighted by atomic mass is 10.1. The molecule has 0 saturated heterocycles.